The third-order valence-electron chi connectivity index (χ3n) is 3.38. The number of rotatable bonds is 4. The molecule has 1 aromatic rings. The number of aldehydes is 1. The molecule has 1 aromatic heterocycles. The van der Waals surface area contributed by atoms with Gasteiger partial charge in [-0.3, -0.25) is 19.2 Å². The van der Waals surface area contributed by atoms with Crippen molar-refractivity contribution in [3.8, 4) is 0 Å². The van der Waals surface area contributed by atoms with Gasteiger partial charge in [-0.05, 0) is 0 Å². The first-order valence-corrected chi connectivity index (χ1v) is 6.04. The minimum absolute atomic E-state index is 0.0129. The van der Waals surface area contributed by atoms with Gasteiger partial charge in [0.1, 0.15) is 5.69 Å². The highest BCUT2D eigenvalue weighted by Crippen LogP contribution is 2.29. The molecule has 21 heavy (non-hydrogen) atoms. The van der Waals surface area contributed by atoms with Crippen molar-refractivity contribution in [1.82, 2.24) is 4.57 Å². The largest absolute Gasteiger partial charge is 0.492 e. The Balaban J connectivity index is 2.68. The number of nitrogens with zero attached hydrogens (tertiary/aromatic N) is 1. The fourth-order valence-electron chi connectivity index (χ4n) is 2.35. The first-order chi connectivity index (χ1) is 9.96. The molecule has 0 atom stereocenters. The fourth-order valence-corrected chi connectivity index (χ4v) is 2.35. The number of allylic oxidation sites excluding steroid dienone is 2. The second-order valence-corrected chi connectivity index (χ2v) is 4.42. The number of carbonyl (C=O) groups is 4. The van der Waals surface area contributed by atoms with Crippen molar-refractivity contribution in [3.63, 3.8) is 0 Å². The van der Waals surface area contributed by atoms with Gasteiger partial charge in [0.25, 0.3) is 0 Å². The van der Waals surface area contributed by atoms with E-state index in [1.165, 1.54) is 25.8 Å². The molecule has 0 amide bonds. The van der Waals surface area contributed by atoms with E-state index in [0.717, 1.165) is 6.08 Å². The lowest BCUT2D eigenvalue weighted by Crippen LogP contribution is -2.20. The monoisotopic (exact) mass is 291 g/mol. The van der Waals surface area contributed by atoms with Crippen LogP contribution in [0, 0.1) is 0 Å². The van der Waals surface area contributed by atoms with Crippen molar-refractivity contribution < 1.29 is 28.7 Å². The lowest BCUT2D eigenvalue weighted by atomic mass is 9.96. The van der Waals surface area contributed by atoms with Crippen LogP contribution in [0.15, 0.2) is 11.8 Å². The van der Waals surface area contributed by atoms with Gasteiger partial charge in [-0.1, -0.05) is 0 Å². The van der Waals surface area contributed by atoms with E-state index in [-0.39, 0.29) is 34.7 Å². The summed E-state index contributed by atoms with van der Waals surface area (Å²) < 4.78 is 10.8. The van der Waals surface area contributed by atoms with Gasteiger partial charge >= 0.3 is 5.97 Å². The van der Waals surface area contributed by atoms with E-state index in [9.17, 15) is 19.2 Å². The van der Waals surface area contributed by atoms with Crippen LogP contribution in [0.25, 0.3) is 0 Å². The maximum Gasteiger partial charge on any atom is 0.311 e. The first-order valence-electron chi connectivity index (χ1n) is 6.04. The number of fused-ring (bicyclic) bond motifs is 1. The number of hydrogen-bond acceptors (Lipinski definition) is 6. The Bertz CT molecular complexity index is 695. The number of carbonyl (C=O) groups excluding carboxylic acids is 4. The lowest BCUT2D eigenvalue weighted by Gasteiger charge is -2.12. The Morgan fingerprint density at radius 2 is 2.00 bits per heavy atom. The number of hydrogen-bond donors (Lipinski definition) is 0. The molecule has 2 rings (SSSR count). The molecule has 0 fully saturated rings. The molecule has 1 aliphatic rings. The summed E-state index contributed by atoms with van der Waals surface area (Å²) in [5.74, 6) is -1.72. The number of ketones is 2. The Morgan fingerprint density at radius 1 is 1.33 bits per heavy atom. The van der Waals surface area contributed by atoms with Crippen molar-refractivity contribution in [2.75, 3.05) is 14.2 Å². The molecular weight excluding hydrogens is 278 g/mol. The summed E-state index contributed by atoms with van der Waals surface area (Å²) in [4.78, 5) is 47.1. The van der Waals surface area contributed by atoms with Crippen molar-refractivity contribution >= 4 is 23.8 Å². The van der Waals surface area contributed by atoms with Gasteiger partial charge in [-0.25, -0.2) is 0 Å². The predicted molar refractivity (Wildman–Crippen MR) is 70.3 cm³/mol. The highest BCUT2D eigenvalue weighted by atomic mass is 16.5. The van der Waals surface area contributed by atoms with E-state index < -0.39 is 17.5 Å². The van der Waals surface area contributed by atoms with Crippen LogP contribution in [-0.4, -0.2) is 42.6 Å². The molecule has 0 radical (unpaired) electrons. The number of Topliss-reactive ketones (excluding diaryl/α,β-unsaturated/α-hetero) is 1. The molecule has 7 heteroatoms. The van der Waals surface area contributed by atoms with Gasteiger partial charge < -0.3 is 14.0 Å². The van der Waals surface area contributed by atoms with Crippen LogP contribution in [0.2, 0.25) is 0 Å². The van der Waals surface area contributed by atoms with Crippen LogP contribution in [0.4, 0.5) is 0 Å². The normalized spacial score (nSPS) is 13.6. The minimum atomic E-state index is -0.573. The quantitative estimate of drug-likeness (QED) is 0.591. The van der Waals surface area contributed by atoms with E-state index in [0.29, 0.717) is 6.29 Å². The summed E-state index contributed by atoms with van der Waals surface area (Å²) >= 11 is 0. The average molecular weight is 291 g/mol. The van der Waals surface area contributed by atoms with Crippen LogP contribution in [0.3, 0.4) is 0 Å². The third kappa shape index (κ3) is 2.16. The smallest absolute Gasteiger partial charge is 0.311 e. The maximum absolute atomic E-state index is 12.3. The molecule has 0 saturated heterocycles. The molecule has 0 N–H and O–H groups in total. The highest BCUT2D eigenvalue weighted by Gasteiger charge is 2.35. The van der Waals surface area contributed by atoms with Gasteiger partial charge in [0.15, 0.2) is 12.0 Å². The van der Waals surface area contributed by atoms with Gasteiger partial charge in [0, 0.05) is 24.4 Å². The molecule has 0 spiro atoms. The first kappa shape index (κ1) is 14.7. The molecular formula is C14H13NO6. The van der Waals surface area contributed by atoms with Crippen molar-refractivity contribution in [1.29, 1.82) is 0 Å². The summed E-state index contributed by atoms with van der Waals surface area (Å²) in [7, 11) is 3.99. The highest BCUT2D eigenvalue weighted by molar-refractivity contribution is 6.25. The zero-order valence-electron chi connectivity index (χ0n) is 11.8. The van der Waals surface area contributed by atoms with Gasteiger partial charge in [0.05, 0.1) is 26.2 Å². The van der Waals surface area contributed by atoms with E-state index in [2.05, 4.69) is 4.74 Å². The second-order valence-electron chi connectivity index (χ2n) is 4.42. The SMILES string of the molecule is COC(=O)Cc1c(C=O)c2c(n1C)C(=O)C=C(OC)C2=O. The summed E-state index contributed by atoms with van der Waals surface area (Å²) in [6.07, 6.45) is 1.32. The Labute approximate surface area is 120 Å². The molecule has 110 valence electrons. The van der Waals surface area contributed by atoms with Gasteiger partial charge in [-0.2, -0.15) is 0 Å². The Morgan fingerprint density at radius 3 is 2.52 bits per heavy atom. The third-order valence-corrected chi connectivity index (χ3v) is 3.38. The van der Waals surface area contributed by atoms with Crippen LogP contribution in [0.1, 0.15) is 36.9 Å². The van der Waals surface area contributed by atoms with Gasteiger partial charge in [-0.15, -0.1) is 0 Å². The molecule has 0 aromatic carbocycles. The molecule has 0 unspecified atom stereocenters. The summed E-state index contributed by atoms with van der Waals surface area (Å²) in [6.45, 7) is 0. The van der Waals surface area contributed by atoms with E-state index >= 15 is 0 Å². The molecule has 1 aliphatic carbocycles. The van der Waals surface area contributed by atoms with Crippen LogP contribution >= 0.6 is 0 Å². The average Bonchev–Trinajstić information content (AvgIpc) is 2.76. The number of aromatic nitrogens is 1. The van der Waals surface area contributed by atoms with E-state index in [1.54, 1.807) is 0 Å². The number of esters is 1. The molecule has 0 saturated carbocycles. The van der Waals surface area contributed by atoms with Crippen molar-refractivity contribution in [2.24, 2.45) is 7.05 Å². The standard InChI is InChI=1S/C14H13NO6/c1-15-8(4-11(18)21-3)7(6-16)12-13(15)9(17)5-10(20-2)14(12)19/h5-6H,4H2,1-3H3. The number of methoxy groups -OCH3 is 2. The second kappa shape index (κ2) is 5.35. The van der Waals surface area contributed by atoms with Crippen LogP contribution in [-0.2, 0) is 27.7 Å². The molecule has 0 aliphatic heterocycles. The van der Waals surface area contributed by atoms with Crippen LogP contribution < -0.4 is 0 Å². The molecule has 1 heterocycles. The van der Waals surface area contributed by atoms with Gasteiger partial charge in [0.2, 0.25) is 11.6 Å². The topological polar surface area (TPSA) is 91.7 Å². The zero-order chi connectivity index (χ0) is 15.7. The Kier molecular flexibility index (Phi) is 3.75. The summed E-state index contributed by atoms with van der Waals surface area (Å²) in [6, 6.07) is 0. The van der Waals surface area contributed by atoms with Crippen molar-refractivity contribution in [3.05, 3.63) is 34.3 Å². The van der Waals surface area contributed by atoms with E-state index in [4.69, 9.17) is 4.74 Å². The van der Waals surface area contributed by atoms with E-state index in [1.807, 2.05) is 0 Å². The number of ether oxygens (including phenoxy) is 2. The van der Waals surface area contributed by atoms with Crippen LogP contribution in [0.5, 0.6) is 0 Å². The Hall–Kier alpha value is -2.70. The predicted octanol–water partition coefficient (Wildman–Crippen LogP) is 0.462. The lowest BCUT2D eigenvalue weighted by molar-refractivity contribution is -0.139. The van der Waals surface area contributed by atoms with Crippen molar-refractivity contribution in [2.45, 2.75) is 6.42 Å². The fraction of sp³-hybridized carbons (Fsp3) is 0.286. The molecule has 7 nitrogen and oxygen atoms in total. The molecule has 0 bridgehead atoms. The summed E-state index contributed by atoms with van der Waals surface area (Å²) in [5, 5.41) is 0. The summed E-state index contributed by atoms with van der Waals surface area (Å²) in [5.41, 5.74) is 0.311. The minimum Gasteiger partial charge on any atom is -0.492 e. The maximum atomic E-state index is 12.3. The zero-order valence-corrected chi connectivity index (χ0v) is 11.8.